The molecule has 0 aliphatic carbocycles. The molecule has 2 N–H and O–H groups in total. The molecule has 1 amide bonds. The third-order valence-electron chi connectivity index (χ3n) is 5.43. The van der Waals surface area contributed by atoms with Crippen LogP contribution in [0.4, 0.5) is 10.1 Å². The summed E-state index contributed by atoms with van der Waals surface area (Å²) >= 11 is 7.38. The van der Waals surface area contributed by atoms with Crippen molar-refractivity contribution in [3.8, 4) is 10.4 Å². The van der Waals surface area contributed by atoms with Crippen LogP contribution in [0, 0.1) is 12.7 Å². The van der Waals surface area contributed by atoms with Crippen molar-refractivity contribution in [2.24, 2.45) is 7.05 Å². The monoisotopic (exact) mass is 495 g/mol. The van der Waals surface area contributed by atoms with Gasteiger partial charge in [0, 0.05) is 41.3 Å². The Balaban J connectivity index is 1.58. The maximum atomic E-state index is 13.4. The quantitative estimate of drug-likeness (QED) is 0.541. The highest BCUT2D eigenvalue weighted by molar-refractivity contribution is 7.96. The van der Waals surface area contributed by atoms with Crippen LogP contribution in [-0.4, -0.2) is 43.2 Å². The number of carbonyl (C=O) groups is 1. The normalized spacial score (nSPS) is 23.9. The number of hydrogen-bond donors (Lipinski definition) is 2. The zero-order chi connectivity index (χ0) is 23.2. The first-order valence-electron chi connectivity index (χ1n) is 9.79. The number of aromatic nitrogens is 2. The summed E-state index contributed by atoms with van der Waals surface area (Å²) < 4.78 is 32.9. The van der Waals surface area contributed by atoms with Gasteiger partial charge in [-0.15, -0.1) is 11.3 Å². The molecule has 1 unspecified atom stereocenters. The van der Waals surface area contributed by atoms with E-state index in [0.717, 1.165) is 21.0 Å². The van der Waals surface area contributed by atoms with Crippen LogP contribution in [0.3, 0.4) is 0 Å². The topological polar surface area (TPSA) is 79.3 Å². The van der Waals surface area contributed by atoms with Gasteiger partial charge in [-0.1, -0.05) is 11.6 Å². The van der Waals surface area contributed by atoms with Crippen LogP contribution in [0.5, 0.6) is 0 Å². The Morgan fingerprint density at radius 1 is 1.38 bits per heavy atom. The number of likely N-dealkylation sites (N-methyl/N-ethyl adjacent to an activating group) is 1. The smallest absolute Gasteiger partial charge is 0.242 e. The van der Waals surface area contributed by atoms with Crippen molar-refractivity contribution in [1.29, 1.82) is 0 Å². The van der Waals surface area contributed by atoms with Gasteiger partial charge < -0.3 is 5.32 Å². The molecule has 3 aromatic rings. The minimum atomic E-state index is -2.89. The van der Waals surface area contributed by atoms with Gasteiger partial charge in [-0.25, -0.2) is 17.6 Å². The molecular weight excluding hydrogens is 473 g/mol. The fourth-order valence-electron chi connectivity index (χ4n) is 3.70. The molecule has 0 bridgehead atoms. The van der Waals surface area contributed by atoms with Crippen LogP contribution >= 0.6 is 22.9 Å². The van der Waals surface area contributed by atoms with Crippen molar-refractivity contribution < 1.29 is 13.4 Å². The van der Waals surface area contributed by atoms with Crippen molar-refractivity contribution in [1.82, 2.24) is 18.8 Å². The van der Waals surface area contributed by atoms with E-state index in [9.17, 15) is 13.4 Å². The summed E-state index contributed by atoms with van der Waals surface area (Å²) in [6.07, 6.45) is 2.34. The molecule has 4 rings (SSSR count). The third kappa shape index (κ3) is 4.46. The first-order chi connectivity index (χ1) is 15.0. The van der Waals surface area contributed by atoms with Gasteiger partial charge in [-0.2, -0.15) is 5.10 Å². The number of aryl methyl sites for hydroxylation is 2. The van der Waals surface area contributed by atoms with Gasteiger partial charge in [0.2, 0.25) is 5.91 Å². The molecular formula is C21H23ClFN5O2S2. The summed E-state index contributed by atoms with van der Waals surface area (Å²) in [5.74, 6) is 2.89. The van der Waals surface area contributed by atoms with Crippen molar-refractivity contribution in [2.45, 2.75) is 25.4 Å². The Hall–Kier alpha value is -2.24. The second-order valence-corrected chi connectivity index (χ2v) is 11.3. The summed E-state index contributed by atoms with van der Waals surface area (Å²) in [6, 6.07) is 6.91. The lowest BCUT2D eigenvalue weighted by Crippen LogP contribution is -2.55. The molecule has 1 saturated heterocycles. The molecule has 1 aliphatic rings. The molecule has 1 fully saturated rings. The SMILES string of the molecule is C=S1(=O)N[C@@H](c2ccc(-c3cn(C)nc3C)s2)C[C@@H](C(=O)Nc2ccc(F)c(Cl)c2)N1C. The molecule has 11 heteroatoms. The third-order valence-corrected chi connectivity index (χ3v) is 8.79. The van der Waals surface area contributed by atoms with E-state index < -0.39 is 21.8 Å². The fraction of sp³-hybridized carbons (Fsp3) is 0.286. The lowest BCUT2D eigenvalue weighted by atomic mass is 10.1. The maximum absolute atomic E-state index is 13.4. The Bertz CT molecular complexity index is 1290. The number of nitrogens with one attached hydrogen (secondary N) is 2. The van der Waals surface area contributed by atoms with E-state index >= 15 is 0 Å². The number of benzene rings is 1. The minimum absolute atomic E-state index is 0.0860. The second kappa shape index (κ2) is 8.60. The summed E-state index contributed by atoms with van der Waals surface area (Å²) in [4.78, 5) is 15.0. The van der Waals surface area contributed by atoms with Gasteiger partial charge >= 0.3 is 0 Å². The predicted octanol–water partition coefficient (Wildman–Crippen LogP) is 3.77. The zero-order valence-electron chi connectivity index (χ0n) is 17.8. The predicted molar refractivity (Wildman–Crippen MR) is 129 cm³/mol. The standard InChI is InChI=1S/C21H23ClFN5O2S2/c1-12-14(11-27(2)25-12)19-7-8-20(31-19)17-10-18(28(3)32(4,30)26-17)21(29)24-13-5-6-16(23)15(22)9-13/h5-9,11,17-18H,4,10H2,1-3H3,(H,24,29)(H,26,30)/t17-,18+,32?/m1/s1. The first-order valence-corrected chi connectivity index (χ1v) is 12.7. The van der Waals surface area contributed by atoms with Crippen LogP contribution in [0.25, 0.3) is 10.4 Å². The molecule has 32 heavy (non-hydrogen) atoms. The van der Waals surface area contributed by atoms with Crippen molar-refractivity contribution >= 4 is 50.3 Å². The Kier molecular flexibility index (Phi) is 6.17. The molecule has 1 aromatic carbocycles. The molecule has 0 radical (unpaired) electrons. The van der Waals surface area contributed by atoms with E-state index in [-0.39, 0.29) is 17.0 Å². The summed E-state index contributed by atoms with van der Waals surface area (Å²) in [6.45, 7) is 1.95. The number of amides is 1. The lowest BCUT2D eigenvalue weighted by Gasteiger charge is -2.39. The molecule has 0 saturated carbocycles. The van der Waals surface area contributed by atoms with E-state index in [1.165, 1.54) is 22.5 Å². The van der Waals surface area contributed by atoms with Gasteiger partial charge in [-0.05, 0) is 49.5 Å². The van der Waals surface area contributed by atoms with E-state index in [0.29, 0.717) is 12.1 Å². The molecule has 3 heterocycles. The van der Waals surface area contributed by atoms with Gasteiger partial charge in [0.1, 0.15) is 11.9 Å². The summed E-state index contributed by atoms with van der Waals surface area (Å²) in [7, 11) is 0.578. The van der Waals surface area contributed by atoms with Crippen LogP contribution in [0.15, 0.2) is 36.5 Å². The highest BCUT2D eigenvalue weighted by Gasteiger charge is 2.38. The zero-order valence-corrected chi connectivity index (χ0v) is 20.2. The molecule has 0 spiro atoms. The van der Waals surface area contributed by atoms with Gasteiger partial charge in [0.15, 0.2) is 0 Å². The number of nitrogens with zero attached hydrogens (tertiary/aromatic N) is 3. The largest absolute Gasteiger partial charge is 0.325 e. The van der Waals surface area contributed by atoms with Crippen LogP contribution in [-0.2, 0) is 21.7 Å². The average molecular weight is 496 g/mol. The highest BCUT2D eigenvalue weighted by Crippen LogP contribution is 2.37. The highest BCUT2D eigenvalue weighted by atomic mass is 35.5. The van der Waals surface area contributed by atoms with E-state index in [2.05, 4.69) is 21.0 Å². The van der Waals surface area contributed by atoms with Gasteiger partial charge in [0.25, 0.3) is 0 Å². The second-order valence-electron chi connectivity index (χ2n) is 7.73. The van der Waals surface area contributed by atoms with Crippen molar-refractivity contribution in [2.75, 3.05) is 12.4 Å². The lowest BCUT2D eigenvalue weighted by molar-refractivity contribution is -0.120. The molecule has 170 valence electrons. The number of anilines is 1. The minimum Gasteiger partial charge on any atom is -0.325 e. The van der Waals surface area contributed by atoms with Gasteiger partial charge in [0.05, 0.1) is 26.7 Å². The number of rotatable bonds is 4. The van der Waals surface area contributed by atoms with E-state index in [4.69, 9.17) is 11.6 Å². The first kappa shape index (κ1) is 22.9. The van der Waals surface area contributed by atoms with Crippen LogP contribution < -0.4 is 10.0 Å². The van der Waals surface area contributed by atoms with Crippen molar-refractivity contribution in [3.63, 3.8) is 0 Å². The molecule has 7 nitrogen and oxygen atoms in total. The average Bonchev–Trinajstić information content (AvgIpc) is 3.32. The Labute approximate surface area is 195 Å². The van der Waals surface area contributed by atoms with E-state index in [1.54, 1.807) is 23.1 Å². The number of halogens is 2. The molecule has 2 aromatic heterocycles. The number of hydrogen-bond acceptors (Lipinski definition) is 4. The Morgan fingerprint density at radius 3 is 2.78 bits per heavy atom. The fourth-order valence-corrected chi connectivity index (χ4v) is 6.52. The van der Waals surface area contributed by atoms with Crippen molar-refractivity contribution in [3.05, 3.63) is 57.9 Å². The summed E-state index contributed by atoms with van der Waals surface area (Å²) in [5.41, 5.74) is 2.33. The molecule has 3 atom stereocenters. The number of thiophene rings is 1. The Morgan fingerprint density at radius 2 is 2.12 bits per heavy atom. The summed E-state index contributed by atoms with van der Waals surface area (Å²) in [5, 5.41) is 7.04. The number of carbonyl (C=O) groups excluding carboxylic acids is 1. The maximum Gasteiger partial charge on any atom is 0.242 e. The van der Waals surface area contributed by atoms with Gasteiger partial charge in [-0.3, -0.25) is 9.48 Å². The van der Waals surface area contributed by atoms with Crippen LogP contribution in [0.2, 0.25) is 5.02 Å². The molecule has 1 aliphatic heterocycles. The van der Waals surface area contributed by atoms with Crippen LogP contribution in [0.1, 0.15) is 23.0 Å². The van der Waals surface area contributed by atoms with E-state index in [1.807, 2.05) is 32.3 Å².